The van der Waals surface area contributed by atoms with E-state index in [1.54, 1.807) is 11.5 Å². The zero-order chi connectivity index (χ0) is 15.9. The lowest BCUT2D eigenvalue weighted by Crippen LogP contribution is -2.32. The van der Waals surface area contributed by atoms with Gasteiger partial charge in [0.15, 0.2) is 11.5 Å². The summed E-state index contributed by atoms with van der Waals surface area (Å²) in [4.78, 5) is 12.5. The predicted molar refractivity (Wildman–Crippen MR) is 81.8 cm³/mol. The van der Waals surface area contributed by atoms with Crippen molar-refractivity contribution in [2.75, 3.05) is 12.3 Å². The standard InChI is InChI=1S/C13H15N5O3S/c1-2-3-7-16-11(14)8-12(17-7)18(5-15-8)13-10(21)9(20)6(4-19)22-13/h5-6,9-10,13,19-21H,4H2,1H3,(H2,14,16,17)/t6-,9-,10-,13-/m1/s1. The number of imidazole rings is 1. The first-order chi connectivity index (χ1) is 10.6. The van der Waals surface area contributed by atoms with Crippen molar-refractivity contribution in [1.82, 2.24) is 19.5 Å². The second-order valence-corrected chi connectivity index (χ2v) is 6.22. The van der Waals surface area contributed by atoms with E-state index in [4.69, 9.17) is 5.73 Å². The number of thioether (sulfide) groups is 1. The molecule has 3 rings (SSSR count). The number of aliphatic hydroxyl groups excluding tert-OH is 3. The number of aliphatic hydroxyl groups is 3. The van der Waals surface area contributed by atoms with E-state index in [-0.39, 0.29) is 18.2 Å². The Kier molecular flexibility index (Phi) is 3.92. The largest absolute Gasteiger partial charge is 0.395 e. The van der Waals surface area contributed by atoms with Gasteiger partial charge in [-0.05, 0) is 12.8 Å². The van der Waals surface area contributed by atoms with Crippen LogP contribution in [0.4, 0.5) is 5.82 Å². The van der Waals surface area contributed by atoms with Crippen LogP contribution in [0.5, 0.6) is 0 Å². The molecule has 0 aliphatic carbocycles. The highest BCUT2D eigenvalue weighted by molar-refractivity contribution is 8.00. The summed E-state index contributed by atoms with van der Waals surface area (Å²) < 4.78 is 1.63. The summed E-state index contributed by atoms with van der Waals surface area (Å²) in [6.45, 7) is 1.44. The number of nitrogen functional groups attached to an aromatic ring is 1. The monoisotopic (exact) mass is 321 g/mol. The van der Waals surface area contributed by atoms with Crippen molar-refractivity contribution >= 4 is 28.7 Å². The Balaban J connectivity index is 2.09. The first kappa shape index (κ1) is 15.1. The molecule has 116 valence electrons. The first-order valence-electron chi connectivity index (χ1n) is 6.62. The number of fused-ring (bicyclic) bond motifs is 1. The molecule has 9 heteroatoms. The van der Waals surface area contributed by atoms with Crippen molar-refractivity contribution < 1.29 is 15.3 Å². The van der Waals surface area contributed by atoms with Crippen LogP contribution in [0.2, 0.25) is 0 Å². The van der Waals surface area contributed by atoms with Gasteiger partial charge in [0.25, 0.3) is 0 Å². The van der Waals surface area contributed by atoms with E-state index in [9.17, 15) is 15.3 Å². The summed E-state index contributed by atoms with van der Waals surface area (Å²) >= 11 is 1.26. The molecule has 0 amide bonds. The molecule has 1 aliphatic rings. The van der Waals surface area contributed by atoms with Crippen molar-refractivity contribution in [2.24, 2.45) is 0 Å². The molecule has 2 aromatic heterocycles. The molecule has 0 bridgehead atoms. The van der Waals surface area contributed by atoms with Gasteiger partial charge in [0, 0.05) is 0 Å². The average Bonchev–Trinajstić information content (AvgIpc) is 3.03. The van der Waals surface area contributed by atoms with E-state index in [0.717, 1.165) is 0 Å². The molecule has 3 heterocycles. The van der Waals surface area contributed by atoms with Crippen LogP contribution < -0.4 is 5.73 Å². The third-order valence-corrected chi connectivity index (χ3v) is 5.04. The summed E-state index contributed by atoms with van der Waals surface area (Å²) in [7, 11) is 0. The van der Waals surface area contributed by atoms with Crippen LogP contribution in [0, 0.1) is 11.8 Å². The van der Waals surface area contributed by atoms with Crippen LogP contribution in [0.1, 0.15) is 18.1 Å². The van der Waals surface area contributed by atoms with Crippen molar-refractivity contribution in [3.8, 4) is 11.8 Å². The van der Waals surface area contributed by atoms with Gasteiger partial charge in [-0.2, -0.15) is 0 Å². The number of anilines is 1. The Morgan fingerprint density at radius 2 is 2.14 bits per heavy atom. The van der Waals surface area contributed by atoms with Crippen molar-refractivity contribution in [2.45, 2.75) is 29.8 Å². The van der Waals surface area contributed by atoms with Gasteiger partial charge >= 0.3 is 0 Å². The van der Waals surface area contributed by atoms with Gasteiger partial charge < -0.3 is 21.1 Å². The summed E-state index contributed by atoms with van der Waals surface area (Å²) in [6, 6.07) is 0. The normalized spacial score (nSPS) is 27.8. The van der Waals surface area contributed by atoms with Crippen LogP contribution in [-0.4, -0.2) is 58.9 Å². The Hall–Kier alpha value is -1.86. The van der Waals surface area contributed by atoms with E-state index < -0.39 is 22.8 Å². The van der Waals surface area contributed by atoms with E-state index >= 15 is 0 Å². The Morgan fingerprint density at radius 3 is 2.77 bits per heavy atom. The van der Waals surface area contributed by atoms with E-state index in [0.29, 0.717) is 11.2 Å². The van der Waals surface area contributed by atoms with E-state index in [1.807, 2.05) is 0 Å². The number of hydrogen-bond acceptors (Lipinski definition) is 8. The summed E-state index contributed by atoms with van der Waals surface area (Å²) in [5.74, 6) is 5.91. The van der Waals surface area contributed by atoms with Gasteiger partial charge in [-0.25, -0.2) is 15.0 Å². The average molecular weight is 321 g/mol. The highest BCUT2D eigenvalue weighted by atomic mass is 32.2. The minimum atomic E-state index is -1.04. The molecule has 0 unspecified atom stereocenters. The predicted octanol–water partition coefficient (Wildman–Crippen LogP) is -0.892. The lowest BCUT2D eigenvalue weighted by atomic mass is 10.1. The second-order valence-electron chi connectivity index (χ2n) is 4.86. The number of nitrogens with two attached hydrogens (primary N) is 1. The molecule has 2 aromatic rings. The quantitative estimate of drug-likeness (QED) is 0.524. The second kappa shape index (κ2) is 5.73. The topological polar surface area (TPSA) is 130 Å². The van der Waals surface area contributed by atoms with Crippen LogP contribution in [0.15, 0.2) is 6.33 Å². The molecule has 22 heavy (non-hydrogen) atoms. The first-order valence-corrected chi connectivity index (χ1v) is 7.56. The zero-order valence-electron chi connectivity index (χ0n) is 11.7. The number of aromatic nitrogens is 4. The van der Waals surface area contributed by atoms with Gasteiger partial charge in [-0.3, -0.25) is 4.57 Å². The third kappa shape index (κ3) is 2.30. The minimum absolute atomic E-state index is 0.207. The van der Waals surface area contributed by atoms with Gasteiger partial charge in [0.1, 0.15) is 17.0 Å². The fourth-order valence-electron chi connectivity index (χ4n) is 2.40. The third-order valence-electron chi connectivity index (χ3n) is 3.48. The Morgan fingerprint density at radius 1 is 1.36 bits per heavy atom. The maximum absolute atomic E-state index is 10.2. The molecule has 1 aliphatic heterocycles. The van der Waals surface area contributed by atoms with Crippen molar-refractivity contribution in [1.29, 1.82) is 0 Å². The van der Waals surface area contributed by atoms with Crippen LogP contribution >= 0.6 is 11.8 Å². The highest BCUT2D eigenvalue weighted by Crippen LogP contribution is 2.42. The SMILES string of the molecule is CC#Cc1nc(N)c2ncn([C@@H]3S[C@H](CO)[C@@H](O)[C@H]3O)c2n1. The summed E-state index contributed by atoms with van der Waals surface area (Å²) in [6.07, 6.45) is -0.574. The fraction of sp³-hybridized carbons (Fsp3) is 0.462. The number of nitrogens with zero attached hydrogens (tertiary/aromatic N) is 4. The molecule has 0 spiro atoms. The minimum Gasteiger partial charge on any atom is -0.395 e. The Labute approximate surface area is 130 Å². The van der Waals surface area contributed by atoms with Gasteiger partial charge in [0.2, 0.25) is 5.82 Å². The molecule has 0 radical (unpaired) electrons. The lowest BCUT2D eigenvalue weighted by Gasteiger charge is -2.17. The maximum atomic E-state index is 10.2. The molecule has 0 saturated carbocycles. The maximum Gasteiger partial charge on any atom is 0.208 e. The molecule has 0 aromatic carbocycles. The zero-order valence-corrected chi connectivity index (χ0v) is 12.5. The summed E-state index contributed by atoms with van der Waals surface area (Å²) in [5, 5.41) is 28.4. The van der Waals surface area contributed by atoms with Gasteiger partial charge in [-0.15, -0.1) is 11.8 Å². The van der Waals surface area contributed by atoms with Crippen LogP contribution in [-0.2, 0) is 0 Å². The van der Waals surface area contributed by atoms with Crippen LogP contribution in [0.25, 0.3) is 11.2 Å². The molecule has 1 saturated heterocycles. The van der Waals surface area contributed by atoms with Crippen molar-refractivity contribution in [3.63, 3.8) is 0 Å². The van der Waals surface area contributed by atoms with Crippen molar-refractivity contribution in [3.05, 3.63) is 12.2 Å². The molecule has 8 nitrogen and oxygen atoms in total. The summed E-state index contributed by atoms with van der Waals surface area (Å²) in [5.41, 5.74) is 6.71. The molecule has 5 N–H and O–H groups in total. The van der Waals surface area contributed by atoms with Crippen LogP contribution in [0.3, 0.4) is 0 Å². The smallest absolute Gasteiger partial charge is 0.208 e. The lowest BCUT2D eigenvalue weighted by molar-refractivity contribution is 0.0113. The van der Waals surface area contributed by atoms with Gasteiger partial charge in [0.05, 0.1) is 24.3 Å². The fourth-order valence-corrected chi connectivity index (χ4v) is 3.78. The van der Waals surface area contributed by atoms with Gasteiger partial charge in [-0.1, -0.05) is 5.92 Å². The number of hydrogen-bond donors (Lipinski definition) is 4. The molecule has 4 atom stereocenters. The Bertz CT molecular complexity index is 768. The van der Waals surface area contributed by atoms with E-state index in [1.165, 1.54) is 18.1 Å². The molecular formula is C13H15N5O3S. The van der Waals surface area contributed by atoms with E-state index in [2.05, 4.69) is 26.8 Å². The molecular weight excluding hydrogens is 306 g/mol. The number of rotatable bonds is 2. The molecule has 1 fully saturated rings. The highest BCUT2D eigenvalue weighted by Gasteiger charge is 2.43.